The van der Waals surface area contributed by atoms with Crippen LogP contribution in [0.4, 0.5) is 0 Å². The fraction of sp³-hybridized carbons (Fsp3) is 0.200. The number of thiophene rings is 2. The molecule has 21 heavy (non-hydrogen) atoms. The highest BCUT2D eigenvalue weighted by Crippen LogP contribution is 2.37. The summed E-state index contributed by atoms with van der Waals surface area (Å²) in [6.45, 7) is 0.530. The highest BCUT2D eigenvalue weighted by atomic mass is 32.1. The van der Waals surface area contributed by atoms with Crippen LogP contribution in [0.5, 0.6) is 0 Å². The van der Waals surface area contributed by atoms with Crippen LogP contribution in [-0.2, 0) is 19.4 Å². The molecule has 0 unspecified atom stereocenters. The van der Waals surface area contributed by atoms with Gasteiger partial charge in [-0.05, 0) is 35.7 Å². The van der Waals surface area contributed by atoms with E-state index in [0.29, 0.717) is 12.2 Å². The molecule has 0 aromatic carbocycles. The van der Waals surface area contributed by atoms with Crippen LogP contribution in [0.1, 0.15) is 25.8 Å². The zero-order valence-corrected chi connectivity index (χ0v) is 12.7. The Labute approximate surface area is 129 Å². The maximum Gasteiger partial charge on any atom is 0.274 e. The number of carbonyl (C=O) groups excluding carboxylic acids is 1. The van der Waals surface area contributed by atoms with Gasteiger partial charge in [-0.25, -0.2) is 0 Å². The van der Waals surface area contributed by atoms with Crippen molar-refractivity contribution in [3.63, 3.8) is 0 Å². The molecule has 4 nitrogen and oxygen atoms in total. The van der Waals surface area contributed by atoms with Crippen LogP contribution in [0, 0.1) is 0 Å². The van der Waals surface area contributed by atoms with Gasteiger partial charge in [0.15, 0.2) is 11.5 Å². The van der Waals surface area contributed by atoms with Crippen molar-refractivity contribution >= 4 is 28.6 Å². The van der Waals surface area contributed by atoms with Crippen molar-refractivity contribution in [3.05, 3.63) is 50.0 Å². The van der Waals surface area contributed by atoms with Crippen LogP contribution in [-0.4, -0.2) is 11.1 Å². The summed E-state index contributed by atoms with van der Waals surface area (Å²) < 4.78 is 5.43. The minimum atomic E-state index is -0.160. The number of nitrogens with zero attached hydrogens (tertiary/aromatic N) is 1. The molecule has 0 saturated heterocycles. The molecule has 1 aliphatic rings. The second-order valence-corrected chi connectivity index (χ2v) is 6.89. The van der Waals surface area contributed by atoms with Gasteiger partial charge in [-0.1, -0.05) is 11.2 Å². The van der Waals surface area contributed by atoms with Crippen LogP contribution in [0.2, 0.25) is 0 Å². The van der Waals surface area contributed by atoms with E-state index >= 15 is 0 Å². The number of aryl methyl sites for hydroxylation is 1. The SMILES string of the molecule is O=C(NCc1cccs1)c1noc2c1CCc1sccc1-2. The number of carbonyl (C=O) groups is 1. The fourth-order valence-corrected chi connectivity index (χ4v) is 4.09. The maximum atomic E-state index is 12.3. The van der Waals surface area contributed by atoms with Gasteiger partial charge >= 0.3 is 0 Å². The molecule has 0 bridgehead atoms. The van der Waals surface area contributed by atoms with Crippen LogP contribution in [0.3, 0.4) is 0 Å². The number of aromatic nitrogens is 1. The number of nitrogens with one attached hydrogen (secondary N) is 1. The molecule has 0 atom stereocenters. The van der Waals surface area contributed by atoms with Crippen molar-refractivity contribution in [2.45, 2.75) is 19.4 Å². The van der Waals surface area contributed by atoms with Crippen LogP contribution < -0.4 is 5.32 Å². The van der Waals surface area contributed by atoms with Gasteiger partial charge in [0.1, 0.15) is 0 Å². The van der Waals surface area contributed by atoms with E-state index in [2.05, 4.69) is 15.9 Å². The topological polar surface area (TPSA) is 55.1 Å². The fourth-order valence-electron chi connectivity index (χ4n) is 2.57. The minimum Gasteiger partial charge on any atom is -0.355 e. The average molecular weight is 316 g/mol. The number of amides is 1. The molecule has 1 amide bonds. The van der Waals surface area contributed by atoms with E-state index in [0.717, 1.165) is 34.6 Å². The highest BCUT2D eigenvalue weighted by Gasteiger charge is 2.28. The normalized spacial score (nSPS) is 12.8. The summed E-state index contributed by atoms with van der Waals surface area (Å²) in [4.78, 5) is 14.7. The first kappa shape index (κ1) is 12.8. The lowest BCUT2D eigenvalue weighted by atomic mass is 9.95. The third kappa shape index (κ3) is 2.20. The summed E-state index contributed by atoms with van der Waals surface area (Å²) in [6, 6.07) is 6.01. The van der Waals surface area contributed by atoms with E-state index in [9.17, 15) is 4.79 Å². The number of rotatable bonds is 3. The Bertz CT molecular complexity index is 787. The minimum absolute atomic E-state index is 0.160. The molecule has 0 saturated carbocycles. The van der Waals surface area contributed by atoms with Gasteiger partial charge in [0.05, 0.1) is 6.54 Å². The molecule has 3 aromatic heterocycles. The molecule has 0 fully saturated rings. The largest absolute Gasteiger partial charge is 0.355 e. The molecule has 0 aliphatic heterocycles. The maximum absolute atomic E-state index is 12.3. The summed E-state index contributed by atoms with van der Waals surface area (Å²) in [7, 11) is 0. The van der Waals surface area contributed by atoms with E-state index in [1.807, 2.05) is 23.6 Å². The van der Waals surface area contributed by atoms with E-state index in [4.69, 9.17) is 4.52 Å². The highest BCUT2D eigenvalue weighted by molar-refractivity contribution is 7.10. The molecular weight excluding hydrogens is 304 g/mol. The number of hydrogen-bond acceptors (Lipinski definition) is 5. The summed E-state index contributed by atoms with van der Waals surface area (Å²) >= 11 is 3.35. The lowest BCUT2D eigenvalue weighted by molar-refractivity contribution is 0.0941. The lowest BCUT2D eigenvalue weighted by Gasteiger charge is -2.10. The van der Waals surface area contributed by atoms with Crippen LogP contribution >= 0.6 is 22.7 Å². The monoisotopic (exact) mass is 316 g/mol. The first-order valence-electron chi connectivity index (χ1n) is 6.69. The van der Waals surface area contributed by atoms with Gasteiger partial charge in [0.25, 0.3) is 5.91 Å². The van der Waals surface area contributed by atoms with Crippen molar-refractivity contribution < 1.29 is 9.32 Å². The van der Waals surface area contributed by atoms with Crippen molar-refractivity contribution in [2.24, 2.45) is 0 Å². The molecule has 0 spiro atoms. The Kier molecular flexibility index (Phi) is 3.12. The van der Waals surface area contributed by atoms with Gasteiger partial charge in [-0.2, -0.15) is 0 Å². The van der Waals surface area contributed by atoms with Gasteiger partial charge in [-0.3, -0.25) is 4.79 Å². The summed E-state index contributed by atoms with van der Waals surface area (Å²) in [5, 5.41) is 11.0. The summed E-state index contributed by atoms with van der Waals surface area (Å²) in [6.07, 6.45) is 1.76. The third-order valence-corrected chi connectivity index (χ3v) is 5.46. The van der Waals surface area contributed by atoms with E-state index in [-0.39, 0.29) is 5.91 Å². The Hall–Kier alpha value is -1.92. The van der Waals surface area contributed by atoms with Gasteiger partial charge in [0, 0.05) is 20.9 Å². The standard InChI is InChI=1S/C15H12N2O2S2/c18-15(16-8-9-2-1-6-20-9)13-11-3-4-12-10(5-7-21-12)14(11)19-17-13/h1-2,5-7H,3-4,8H2,(H,16,18). The van der Waals surface area contributed by atoms with Crippen LogP contribution in [0.25, 0.3) is 11.3 Å². The first-order valence-corrected chi connectivity index (χ1v) is 8.44. The van der Waals surface area contributed by atoms with Gasteiger partial charge in [-0.15, -0.1) is 22.7 Å². The number of hydrogen-bond donors (Lipinski definition) is 1. The quantitative estimate of drug-likeness (QED) is 0.804. The Morgan fingerprint density at radius 1 is 1.29 bits per heavy atom. The molecule has 6 heteroatoms. The smallest absolute Gasteiger partial charge is 0.274 e. The second kappa shape index (κ2) is 5.13. The molecule has 0 radical (unpaired) electrons. The van der Waals surface area contributed by atoms with Crippen molar-refractivity contribution in [1.82, 2.24) is 10.5 Å². The summed E-state index contributed by atoms with van der Waals surface area (Å²) in [5.74, 6) is 0.603. The van der Waals surface area contributed by atoms with Crippen molar-refractivity contribution in [1.29, 1.82) is 0 Å². The Morgan fingerprint density at radius 3 is 3.10 bits per heavy atom. The molecule has 4 rings (SSSR count). The molecular formula is C15H12N2O2S2. The molecule has 3 aromatic rings. The van der Waals surface area contributed by atoms with Gasteiger partial charge < -0.3 is 9.84 Å². The molecule has 1 N–H and O–H groups in total. The molecule has 106 valence electrons. The zero-order chi connectivity index (χ0) is 14.2. The number of fused-ring (bicyclic) bond motifs is 3. The average Bonchev–Trinajstić information content (AvgIpc) is 3.22. The summed E-state index contributed by atoms with van der Waals surface area (Å²) in [5.41, 5.74) is 2.45. The zero-order valence-electron chi connectivity index (χ0n) is 11.1. The van der Waals surface area contributed by atoms with Crippen molar-refractivity contribution in [3.8, 4) is 11.3 Å². The Balaban J connectivity index is 1.58. The predicted octanol–water partition coefficient (Wildman–Crippen LogP) is 3.49. The van der Waals surface area contributed by atoms with E-state index in [1.54, 1.807) is 22.7 Å². The van der Waals surface area contributed by atoms with Crippen molar-refractivity contribution in [2.75, 3.05) is 0 Å². The Morgan fingerprint density at radius 2 is 2.24 bits per heavy atom. The van der Waals surface area contributed by atoms with Crippen LogP contribution in [0.15, 0.2) is 33.5 Å². The predicted molar refractivity (Wildman–Crippen MR) is 82.7 cm³/mol. The van der Waals surface area contributed by atoms with Gasteiger partial charge in [0.2, 0.25) is 0 Å². The molecule has 1 aliphatic carbocycles. The lowest BCUT2D eigenvalue weighted by Crippen LogP contribution is -2.24. The van der Waals surface area contributed by atoms with E-state index < -0.39 is 0 Å². The second-order valence-electron chi connectivity index (χ2n) is 4.86. The third-order valence-electron chi connectivity index (χ3n) is 3.60. The molecule has 3 heterocycles. The van der Waals surface area contributed by atoms with E-state index in [1.165, 1.54) is 4.88 Å². The first-order chi connectivity index (χ1) is 10.3.